The van der Waals surface area contributed by atoms with Crippen molar-refractivity contribution < 1.29 is 9.72 Å². The molecule has 5 heteroatoms. The van der Waals surface area contributed by atoms with E-state index in [4.69, 9.17) is 0 Å². The second-order valence-electron chi connectivity index (χ2n) is 6.76. The molecule has 2 aliphatic carbocycles. The second-order valence-corrected chi connectivity index (χ2v) is 8.98. The molecule has 0 spiro atoms. The molecule has 22 heavy (non-hydrogen) atoms. The number of nitro benzene ring substituents is 1. The zero-order valence-electron chi connectivity index (χ0n) is 12.8. The van der Waals surface area contributed by atoms with Gasteiger partial charge in [-0.3, -0.25) is 0 Å². The number of nitro groups is 1. The first-order valence-corrected chi connectivity index (χ1v) is 9.95. The first-order chi connectivity index (χ1) is 10.5. The van der Waals surface area contributed by atoms with Crippen LogP contribution in [0.2, 0.25) is 5.32 Å². The van der Waals surface area contributed by atoms with Gasteiger partial charge < -0.3 is 0 Å². The molecule has 0 aromatic heterocycles. The van der Waals surface area contributed by atoms with Gasteiger partial charge >= 0.3 is 137 Å². The number of fused-ring (bicyclic) bond motifs is 1. The predicted molar refractivity (Wildman–Crippen MR) is 86.5 cm³/mol. The third-order valence-electron chi connectivity index (χ3n) is 5.65. The Balaban J connectivity index is 1.70. The van der Waals surface area contributed by atoms with Crippen LogP contribution in [0.5, 0.6) is 0 Å². The maximum absolute atomic E-state index is 11.7. The average molecular weight is 366 g/mol. The van der Waals surface area contributed by atoms with E-state index in [-0.39, 0.29) is 31.0 Å². The van der Waals surface area contributed by atoms with E-state index in [2.05, 4.69) is 6.92 Å². The van der Waals surface area contributed by atoms with Crippen LogP contribution in [0.1, 0.15) is 39.0 Å². The molecule has 0 N–H and O–H groups in total. The van der Waals surface area contributed by atoms with Crippen molar-refractivity contribution in [1.29, 1.82) is 0 Å². The van der Waals surface area contributed by atoms with Gasteiger partial charge in [0.25, 0.3) is 0 Å². The quantitative estimate of drug-likeness (QED) is 0.467. The van der Waals surface area contributed by atoms with Crippen LogP contribution in [-0.2, 0) is 4.79 Å². The third kappa shape index (κ3) is 2.84. The molecule has 0 amide bonds. The number of nitrogens with zero attached hydrogens (tertiary/aromatic N) is 1. The van der Waals surface area contributed by atoms with Gasteiger partial charge in [0, 0.05) is 0 Å². The summed E-state index contributed by atoms with van der Waals surface area (Å²) in [5, 5.41) is 12.2. The summed E-state index contributed by atoms with van der Waals surface area (Å²) in [5.41, 5.74) is 0.542. The number of ketones is 1. The van der Waals surface area contributed by atoms with E-state index in [9.17, 15) is 14.9 Å². The molecule has 0 aliphatic heterocycles. The van der Waals surface area contributed by atoms with Gasteiger partial charge in [-0.15, -0.1) is 0 Å². The Morgan fingerprint density at radius 2 is 2.14 bits per heavy atom. The zero-order valence-corrected chi connectivity index (χ0v) is 14.5. The van der Waals surface area contributed by atoms with Crippen molar-refractivity contribution in [2.24, 2.45) is 17.3 Å². The van der Waals surface area contributed by atoms with E-state index in [0.717, 1.165) is 35.5 Å². The Morgan fingerprint density at radius 1 is 1.36 bits per heavy atom. The molecule has 0 bridgehead atoms. The summed E-state index contributed by atoms with van der Waals surface area (Å²) in [6, 6.07) is 7.13. The molecule has 3 atom stereocenters. The number of hydrogen-bond acceptors (Lipinski definition) is 3. The van der Waals surface area contributed by atoms with Crippen LogP contribution >= 0.6 is 0 Å². The number of benzene rings is 1. The van der Waals surface area contributed by atoms with Crippen molar-refractivity contribution in [2.45, 2.75) is 44.3 Å². The Morgan fingerprint density at radius 3 is 2.91 bits per heavy atom. The second kappa shape index (κ2) is 6.13. The van der Waals surface area contributed by atoms with Crippen molar-refractivity contribution >= 4 is 30.9 Å². The van der Waals surface area contributed by atoms with Crippen LogP contribution in [0.25, 0.3) is 0 Å². The zero-order chi connectivity index (χ0) is 15.7. The summed E-state index contributed by atoms with van der Waals surface area (Å²) in [7, 11) is 0. The van der Waals surface area contributed by atoms with E-state index in [1.54, 1.807) is 12.1 Å². The summed E-state index contributed by atoms with van der Waals surface area (Å²) >= 11 is 0.133. The third-order valence-corrected chi connectivity index (χ3v) is 8.22. The molecule has 1 aromatic rings. The molecule has 2 fully saturated rings. The fraction of sp³-hybridized carbons (Fsp3) is 0.588. The van der Waals surface area contributed by atoms with Crippen LogP contribution in [0.4, 0.5) is 5.69 Å². The van der Waals surface area contributed by atoms with E-state index < -0.39 is 0 Å². The van der Waals surface area contributed by atoms with Crippen LogP contribution in [-0.4, -0.2) is 25.7 Å². The summed E-state index contributed by atoms with van der Waals surface area (Å²) in [6.07, 6.45) is 4.82. The number of rotatable bonds is 4. The fourth-order valence-electron chi connectivity index (χ4n) is 4.12. The van der Waals surface area contributed by atoms with Gasteiger partial charge in [-0.1, -0.05) is 0 Å². The van der Waals surface area contributed by atoms with Crippen molar-refractivity contribution in [3.05, 3.63) is 34.4 Å². The topological polar surface area (TPSA) is 60.2 Å². The van der Waals surface area contributed by atoms with Gasteiger partial charge in [0.15, 0.2) is 0 Å². The van der Waals surface area contributed by atoms with Gasteiger partial charge in [-0.2, -0.15) is 0 Å². The molecular weight excluding hydrogens is 345 g/mol. The number of carbonyl (C=O) groups excluding carboxylic acids is 1. The van der Waals surface area contributed by atoms with E-state index in [1.807, 2.05) is 12.1 Å². The molecule has 1 aromatic carbocycles. The molecule has 3 unspecified atom stereocenters. The first-order valence-electron chi connectivity index (χ1n) is 7.88. The average Bonchev–Trinajstić information content (AvgIpc) is 2.82. The molecule has 118 valence electrons. The normalized spacial score (nSPS) is 31.0. The minimum atomic E-state index is -0.268. The molecule has 0 radical (unpaired) electrons. The maximum atomic E-state index is 11.7. The van der Waals surface area contributed by atoms with Crippen molar-refractivity contribution in [3.63, 3.8) is 0 Å². The molecule has 3 rings (SSSR count). The number of Topliss-reactive ketones (excluding diaryl/α,β-unsaturated/α-hetero) is 1. The molecule has 2 aliphatic rings. The standard InChI is InChI=1S/C17H21NO3Se/c1-17-9-8-14(19)10-12(17)6-7-13(17)11-22-16-5-3-2-4-15(16)18(20)21/h2-5,12-13H,6-11H2,1H3. The minimum absolute atomic E-state index is 0.133. The van der Waals surface area contributed by atoms with Gasteiger partial charge in [0.1, 0.15) is 0 Å². The first kappa shape index (κ1) is 15.7. The summed E-state index contributed by atoms with van der Waals surface area (Å²) in [6.45, 7) is 2.34. The Hall–Kier alpha value is -1.19. The summed E-state index contributed by atoms with van der Waals surface area (Å²) in [5.74, 6) is 1.58. The SMILES string of the molecule is CC12CCC(=O)CC1CCC2C[Se]c1ccccc1[N+](=O)[O-]. The van der Waals surface area contributed by atoms with Gasteiger partial charge in [0.05, 0.1) is 0 Å². The summed E-state index contributed by atoms with van der Waals surface area (Å²) in [4.78, 5) is 22.5. The van der Waals surface area contributed by atoms with Gasteiger partial charge in [-0.25, -0.2) is 0 Å². The van der Waals surface area contributed by atoms with E-state index >= 15 is 0 Å². The number of hydrogen-bond donors (Lipinski definition) is 0. The Labute approximate surface area is 137 Å². The van der Waals surface area contributed by atoms with E-state index in [1.165, 1.54) is 6.42 Å². The van der Waals surface area contributed by atoms with E-state index in [0.29, 0.717) is 17.6 Å². The number of carbonyl (C=O) groups is 1. The predicted octanol–water partition coefficient (Wildman–Crippen LogP) is 3.13. The Kier molecular flexibility index (Phi) is 4.37. The molecule has 0 saturated heterocycles. The van der Waals surface area contributed by atoms with Crippen LogP contribution in [0.15, 0.2) is 24.3 Å². The van der Waals surface area contributed by atoms with Crippen LogP contribution in [0.3, 0.4) is 0 Å². The van der Waals surface area contributed by atoms with Crippen molar-refractivity contribution in [2.75, 3.05) is 0 Å². The Bertz CT molecular complexity index is 603. The molecular formula is C17H21NO3Se. The summed E-state index contributed by atoms with van der Waals surface area (Å²) < 4.78 is 0.902. The van der Waals surface area contributed by atoms with Crippen LogP contribution in [0, 0.1) is 27.4 Å². The van der Waals surface area contributed by atoms with Crippen molar-refractivity contribution in [1.82, 2.24) is 0 Å². The van der Waals surface area contributed by atoms with Crippen molar-refractivity contribution in [3.8, 4) is 0 Å². The van der Waals surface area contributed by atoms with Gasteiger partial charge in [-0.05, 0) is 0 Å². The van der Waals surface area contributed by atoms with Gasteiger partial charge in [0.2, 0.25) is 0 Å². The molecule has 2 saturated carbocycles. The number of para-hydroxylation sites is 1. The van der Waals surface area contributed by atoms with Crippen LogP contribution < -0.4 is 4.46 Å². The molecule has 0 heterocycles. The monoisotopic (exact) mass is 367 g/mol. The fourth-order valence-corrected chi connectivity index (χ4v) is 7.04. The molecule has 4 nitrogen and oxygen atoms in total.